The van der Waals surface area contributed by atoms with Crippen LogP contribution in [0.25, 0.3) is 16.6 Å². The maximum absolute atomic E-state index is 13.6. The zero-order valence-corrected chi connectivity index (χ0v) is 15.8. The van der Waals surface area contributed by atoms with Gasteiger partial charge in [0.15, 0.2) is 5.65 Å². The smallest absolute Gasteiger partial charge is 0.424 e. The summed E-state index contributed by atoms with van der Waals surface area (Å²) < 4.78 is 47.6. The lowest BCUT2D eigenvalue weighted by Gasteiger charge is -2.28. The Balaban J connectivity index is 1.65. The van der Waals surface area contributed by atoms with Crippen LogP contribution in [-0.4, -0.2) is 32.4 Å². The normalized spacial score (nSPS) is 14.4. The second kappa shape index (κ2) is 6.77. The van der Waals surface area contributed by atoms with E-state index < -0.39 is 24.0 Å². The molecule has 4 rings (SSSR count). The Kier molecular flexibility index (Phi) is 4.49. The van der Waals surface area contributed by atoms with E-state index in [1.807, 2.05) is 31.2 Å². The third kappa shape index (κ3) is 3.31. The van der Waals surface area contributed by atoms with Crippen LogP contribution in [0.1, 0.15) is 23.6 Å². The maximum Gasteiger partial charge on any atom is 0.424 e. The van der Waals surface area contributed by atoms with Gasteiger partial charge in [0.2, 0.25) is 5.60 Å². The average molecular weight is 404 g/mol. The summed E-state index contributed by atoms with van der Waals surface area (Å²) in [5, 5.41) is 18.5. The fourth-order valence-electron chi connectivity index (χ4n) is 3.33. The third-order valence-electron chi connectivity index (χ3n) is 4.82. The van der Waals surface area contributed by atoms with Gasteiger partial charge in [0.05, 0.1) is 11.2 Å². The van der Waals surface area contributed by atoms with Gasteiger partial charge in [-0.15, -0.1) is 0 Å². The number of nitrogens with one attached hydrogen (secondary N) is 1. The first-order valence-electron chi connectivity index (χ1n) is 9.04. The van der Waals surface area contributed by atoms with E-state index in [9.17, 15) is 18.3 Å². The van der Waals surface area contributed by atoms with Gasteiger partial charge >= 0.3 is 6.18 Å². The van der Waals surface area contributed by atoms with E-state index >= 15 is 0 Å². The van der Waals surface area contributed by atoms with Crippen LogP contribution >= 0.6 is 0 Å². The number of fused-ring (bicyclic) bond motifs is 3. The first-order valence-corrected chi connectivity index (χ1v) is 9.04. The fourth-order valence-corrected chi connectivity index (χ4v) is 3.33. The molecule has 6 nitrogen and oxygen atoms in total. The zero-order valence-electron chi connectivity index (χ0n) is 15.8. The molecule has 0 aliphatic carbocycles. The minimum atomic E-state index is -4.89. The molecule has 0 saturated carbocycles. The Morgan fingerprint density at radius 1 is 1.14 bits per heavy atom. The van der Waals surface area contributed by atoms with Crippen LogP contribution in [0.4, 0.5) is 19.0 Å². The van der Waals surface area contributed by atoms with Crippen molar-refractivity contribution in [2.45, 2.75) is 32.0 Å². The van der Waals surface area contributed by atoms with Crippen LogP contribution in [0.15, 0.2) is 46.9 Å². The van der Waals surface area contributed by atoms with E-state index in [2.05, 4.69) is 15.4 Å². The lowest BCUT2D eigenvalue weighted by atomic mass is 9.95. The van der Waals surface area contributed by atoms with Gasteiger partial charge in [0.1, 0.15) is 17.3 Å². The first-order chi connectivity index (χ1) is 13.7. The van der Waals surface area contributed by atoms with E-state index in [0.717, 1.165) is 17.3 Å². The molecule has 1 unspecified atom stereocenters. The van der Waals surface area contributed by atoms with Crippen molar-refractivity contribution in [3.8, 4) is 0 Å². The molecule has 0 spiro atoms. The van der Waals surface area contributed by atoms with Gasteiger partial charge in [-0.2, -0.15) is 18.3 Å². The van der Waals surface area contributed by atoms with E-state index in [-0.39, 0.29) is 6.54 Å². The number of para-hydroxylation sites is 1. The van der Waals surface area contributed by atoms with Crippen LogP contribution in [-0.2, 0) is 5.60 Å². The number of furan rings is 1. The highest BCUT2D eigenvalue weighted by Gasteiger charge is 2.56. The number of rotatable bonds is 5. The van der Waals surface area contributed by atoms with E-state index in [1.165, 1.54) is 13.0 Å². The Labute approximate surface area is 164 Å². The first kappa shape index (κ1) is 19.3. The van der Waals surface area contributed by atoms with E-state index in [4.69, 9.17) is 4.42 Å². The third-order valence-corrected chi connectivity index (χ3v) is 4.82. The molecule has 0 aliphatic rings. The summed E-state index contributed by atoms with van der Waals surface area (Å²) in [6.07, 6.45) is -5.52. The lowest BCUT2D eigenvalue weighted by Crippen LogP contribution is -2.43. The van der Waals surface area contributed by atoms with Crippen molar-refractivity contribution in [1.29, 1.82) is 0 Å². The molecule has 0 bridgehead atoms. The molecule has 1 atom stereocenters. The SMILES string of the molecule is Cc1cc2nc(NCCC(O)(c3ccc(C)o3)C(F)(F)F)c3ccccc3n2n1. The fraction of sp³-hybridized carbons (Fsp3) is 0.300. The molecule has 0 fully saturated rings. The van der Waals surface area contributed by atoms with E-state index in [1.54, 1.807) is 10.6 Å². The topological polar surface area (TPSA) is 75.6 Å². The molecule has 2 N–H and O–H groups in total. The number of alkyl halides is 3. The number of aliphatic hydroxyl groups is 1. The quantitative estimate of drug-likeness (QED) is 0.517. The molecular formula is C20H19F3N4O2. The molecule has 3 aromatic heterocycles. The van der Waals surface area contributed by atoms with Crippen LogP contribution in [0.2, 0.25) is 0 Å². The zero-order chi connectivity index (χ0) is 20.8. The number of nitrogens with zero attached hydrogens (tertiary/aromatic N) is 3. The number of hydrogen-bond acceptors (Lipinski definition) is 5. The summed E-state index contributed by atoms with van der Waals surface area (Å²) in [4.78, 5) is 4.49. The number of benzene rings is 1. The highest BCUT2D eigenvalue weighted by Crippen LogP contribution is 2.42. The van der Waals surface area contributed by atoms with Crippen molar-refractivity contribution in [2.24, 2.45) is 0 Å². The molecule has 0 aliphatic heterocycles. The predicted octanol–water partition coefficient (Wildman–Crippen LogP) is 4.34. The lowest BCUT2D eigenvalue weighted by molar-refractivity contribution is -0.274. The van der Waals surface area contributed by atoms with Gasteiger partial charge in [0.25, 0.3) is 0 Å². The summed E-state index contributed by atoms with van der Waals surface area (Å²) in [6, 6.07) is 11.7. The summed E-state index contributed by atoms with van der Waals surface area (Å²) in [6.45, 7) is 3.19. The Morgan fingerprint density at radius 3 is 2.59 bits per heavy atom. The second-order valence-corrected chi connectivity index (χ2v) is 6.98. The summed E-state index contributed by atoms with van der Waals surface area (Å²) in [5.41, 5.74) is -0.960. The van der Waals surface area contributed by atoms with Crippen molar-refractivity contribution < 1.29 is 22.7 Å². The second-order valence-electron chi connectivity index (χ2n) is 6.98. The van der Waals surface area contributed by atoms with Gasteiger partial charge in [-0.25, -0.2) is 9.50 Å². The minimum Gasteiger partial charge on any atom is -0.463 e. The van der Waals surface area contributed by atoms with Crippen molar-refractivity contribution >= 4 is 22.4 Å². The summed E-state index contributed by atoms with van der Waals surface area (Å²) in [5.74, 6) is 0.196. The molecule has 0 saturated heterocycles. The highest BCUT2D eigenvalue weighted by molar-refractivity contribution is 5.91. The van der Waals surface area contributed by atoms with Gasteiger partial charge in [-0.1, -0.05) is 12.1 Å². The molecule has 3 heterocycles. The standard InChI is InChI=1S/C20H19F3N4O2/c1-12-11-17-25-18(14-5-3-4-6-15(14)27(17)26-12)24-10-9-19(28,20(21,22)23)16-8-7-13(2)29-16/h3-8,11,28H,9-10H2,1-2H3,(H,24,25). The van der Waals surface area contributed by atoms with Crippen molar-refractivity contribution in [2.75, 3.05) is 11.9 Å². The molecule has 9 heteroatoms. The van der Waals surface area contributed by atoms with E-state index in [0.29, 0.717) is 22.6 Å². The van der Waals surface area contributed by atoms with Crippen LogP contribution in [0.5, 0.6) is 0 Å². The Morgan fingerprint density at radius 2 is 1.90 bits per heavy atom. The van der Waals surface area contributed by atoms with Crippen molar-refractivity contribution in [1.82, 2.24) is 14.6 Å². The number of aromatic nitrogens is 3. The van der Waals surface area contributed by atoms with Gasteiger partial charge in [-0.3, -0.25) is 0 Å². The molecule has 152 valence electrons. The molecular weight excluding hydrogens is 385 g/mol. The van der Waals surface area contributed by atoms with Gasteiger partial charge in [-0.05, 0) is 38.1 Å². The molecule has 0 amide bonds. The average Bonchev–Trinajstić information content (AvgIpc) is 3.26. The summed E-state index contributed by atoms with van der Waals surface area (Å²) >= 11 is 0. The van der Waals surface area contributed by atoms with Gasteiger partial charge in [0, 0.05) is 24.4 Å². The number of hydrogen-bond donors (Lipinski definition) is 2. The minimum absolute atomic E-state index is 0.171. The predicted molar refractivity (Wildman–Crippen MR) is 102 cm³/mol. The number of halogens is 3. The highest BCUT2D eigenvalue weighted by atomic mass is 19.4. The van der Waals surface area contributed by atoms with Crippen molar-refractivity contribution in [3.63, 3.8) is 0 Å². The molecule has 1 aromatic carbocycles. The molecule has 29 heavy (non-hydrogen) atoms. The van der Waals surface area contributed by atoms with Gasteiger partial charge < -0.3 is 14.8 Å². The van der Waals surface area contributed by atoms with Crippen LogP contribution in [0.3, 0.4) is 0 Å². The maximum atomic E-state index is 13.6. The number of aryl methyl sites for hydroxylation is 2. The monoisotopic (exact) mass is 404 g/mol. The molecule has 4 aromatic rings. The number of anilines is 1. The van der Waals surface area contributed by atoms with Crippen LogP contribution < -0.4 is 5.32 Å². The van der Waals surface area contributed by atoms with Crippen molar-refractivity contribution in [3.05, 3.63) is 59.7 Å². The largest absolute Gasteiger partial charge is 0.463 e. The summed E-state index contributed by atoms with van der Waals surface area (Å²) in [7, 11) is 0. The Bertz CT molecular complexity index is 1180. The Hall–Kier alpha value is -3.07. The van der Waals surface area contributed by atoms with Crippen LogP contribution in [0, 0.1) is 13.8 Å². The molecule has 0 radical (unpaired) electrons.